The van der Waals surface area contributed by atoms with E-state index in [2.05, 4.69) is 31.0 Å². The molecule has 2 atom stereocenters. The van der Waals surface area contributed by atoms with E-state index in [1.54, 1.807) is 0 Å². The molecule has 0 aromatic heterocycles. The summed E-state index contributed by atoms with van der Waals surface area (Å²) in [5.74, 6) is 0.0576. The fourth-order valence-corrected chi connectivity index (χ4v) is 4.86. The lowest BCUT2D eigenvalue weighted by atomic mass is 9.65. The molecule has 1 aliphatic heterocycles. The molecule has 0 spiro atoms. The zero-order valence-electron chi connectivity index (χ0n) is 14.8. The highest BCUT2D eigenvalue weighted by molar-refractivity contribution is 5.92. The first-order chi connectivity index (χ1) is 10.7. The van der Waals surface area contributed by atoms with E-state index in [9.17, 15) is 4.79 Å². The van der Waals surface area contributed by atoms with Crippen LogP contribution in [0.2, 0.25) is 0 Å². The third-order valence-electron chi connectivity index (χ3n) is 5.43. The van der Waals surface area contributed by atoms with Gasteiger partial charge in [-0.25, -0.2) is 0 Å². The number of nitrogen functional groups attached to an aromatic ring is 1. The third-order valence-corrected chi connectivity index (χ3v) is 5.43. The summed E-state index contributed by atoms with van der Waals surface area (Å²) in [6.45, 7) is 10.6. The normalized spacial score (nSPS) is 29.5. The van der Waals surface area contributed by atoms with E-state index < -0.39 is 0 Å². The summed E-state index contributed by atoms with van der Waals surface area (Å²) in [6.07, 6.45) is 3.66. The lowest BCUT2D eigenvalue weighted by Gasteiger charge is -2.39. The van der Waals surface area contributed by atoms with Gasteiger partial charge in [-0.1, -0.05) is 26.8 Å². The second-order valence-corrected chi connectivity index (χ2v) is 8.74. The summed E-state index contributed by atoms with van der Waals surface area (Å²) >= 11 is 0. The van der Waals surface area contributed by atoms with Crippen molar-refractivity contribution in [2.45, 2.75) is 53.0 Å². The van der Waals surface area contributed by atoms with Crippen LogP contribution in [0.5, 0.6) is 0 Å². The Morgan fingerprint density at radius 3 is 2.78 bits per heavy atom. The van der Waals surface area contributed by atoms with E-state index in [0.29, 0.717) is 29.1 Å². The fraction of sp³-hybridized carbons (Fsp3) is 0.632. The van der Waals surface area contributed by atoms with Crippen LogP contribution in [0.3, 0.4) is 0 Å². The number of anilines is 2. The number of aryl methyl sites for hydroxylation is 1. The lowest BCUT2D eigenvalue weighted by molar-refractivity contribution is -0.117. The molecule has 1 aromatic rings. The van der Waals surface area contributed by atoms with Crippen LogP contribution in [0.4, 0.5) is 11.4 Å². The van der Waals surface area contributed by atoms with Gasteiger partial charge in [0, 0.05) is 24.0 Å². The molecule has 3 rings (SSSR count). The number of carbonyl (C=O) groups excluding carboxylic acids is 1. The third kappa shape index (κ3) is 3.52. The molecule has 2 fully saturated rings. The summed E-state index contributed by atoms with van der Waals surface area (Å²) in [5, 5.41) is 2.99. The number of amides is 1. The number of nitrogens with two attached hydrogens (primary N) is 1. The van der Waals surface area contributed by atoms with Crippen LogP contribution in [0.25, 0.3) is 0 Å². The smallest absolute Gasteiger partial charge is 0.238 e. The Morgan fingerprint density at radius 1 is 1.35 bits per heavy atom. The Morgan fingerprint density at radius 2 is 2.09 bits per heavy atom. The number of carbonyl (C=O) groups is 1. The van der Waals surface area contributed by atoms with Crippen molar-refractivity contribution in [3.05, 3.63) is 23.8 Å². The molecule has 0 radical (unpaired) electrons. The first-order valence-corrected chi connectivity index (χ1v) is 8.56. The zero-order valence-corrected chi connectivity index (χ0v) is 14.8. The van der Waals surface area contributed by atoms with Gasteiger partial charge in [-0.15, -0.1) is 0 Å². The van der Waals surface area contributed by atoms with Crippen LogP contribution in [0, 0.1) is 17.8 Å². The maximum Gasteiger partial charge on any atom is 0.238 e. The van der Waals surface area contributed by atoms with Crippen molar-refractivity contribution in [3.8, 4) is 0 Å². The average Bonchev–Trinajstić information content (AvgIpc) is 2.62. The number of hydrogen-bond acceptors (Lipinski definition) is 3. The fourth-order valence-electron chi connectivity index (χ4n) is 4.86. The van der Waals surface area contributed by atoms with Crippen LogP contribution in [0.1, 0.15) is 45.6 Å². The molecule has 2 bridgehead atoms. The Labute approximate surface area is 139 Å². The monoisotopic (exact) mass is 315 g/mol. The van der Waals surface area contributed by atoms with E-state index in [0.717, 1.165) is 17.8 Å². The summed E-state index contributed by atoms with van der Waals surface area (Å²) in [6, 6.07) is 6.23. The van der Waals surface area contributed by atoms with E-state index in [1.807, 2.05) is 25.1 Å². The molecule has 1 heterocycles. The number of nitrogens with zero attached hydrogens (tertiary/aromatic N) is 1. The highest BCUT2D eigenvalue weighted by Gasteiger charge is 2.49. The first-order valence-electron chi connectivity index (χ1n) is 8.56. The molecule has 1 amide bonds. The largest absolute Gasteiger partial charge is 0.398 e. The van der Waals surface area contributed by atoms with Gasteiger partial charge < -0.3 is 11.1 Å². The molecule has 1 saturated heterocycles. The molecule has 4 heteroatoms. The maximum atomic E-state index is 12.4. The number of rotatable bonds is 3. The van der Waals surface area contributed by atoms with Crippen molar-refractivity contribution in [2.75, 3.05) is 24.1 Å². The van der Waals surface area contributed by atoms with Crippen LogP contribution in [0.15, 0.2) is 18.2 Å². The van der Waals surface area contributed by atoms with Crippen LogP contribution in [-0.4, -0.2) is 29.9 Å². The van der Waals surface area contributed by atoms with Gasteiger partial charge in [0.05, 0.1) is 6.54 Å². The highest BCUT2D eigenvalue weighted by atomic mass is 16.2. The van der Waals surface area contributed by atoms with Crippen molar-refractivity contribution >= 4 is 17.3 Å². The van der Waals surface area contributed by atoms with E-state index in [1.165, 1.54) is 19.3 Å². The van der Waals surface area contributed by atoms with Crippen molar-refractivity contribution < 1.29 is 4.79 Å². The second-order valence-electron chi connectivity index (χ2n) is 8.74. The lowest BCUT2D eigenvalue weighted by Crippen LogP contribution is -2.38. The number of hydrogen-bond donors (Lipinski definition) is 2. The van der Waals surface area contributed by atoms with Crippen LogP contribution < -0.4 is 11.1 Å². The molecule has 1 saturated carbocycles. The minimum Gasteiger partial charge on any atom is -0.398 e. The molecule has 23 heavy (non-hydrogen) atoms. The van der Waals surface area contributed by atoms with E-state index in [-0.39, 0.29) is 5.91 Å². The topological polar surface area (TPSA) is 58.4 Å². The van der Waals surface area contributed by atoms with Gasteiger partial charge in [-0.05, 0) is 54.7 Å². The summed E-state index contributed by atoms with van der Waals surface area (Å²) < 4.78 is 0. The van der Waals surface area contributed by atoms with Gasteiger partial charge in [0.15, 0.2) is 0 Å². The van der Waals surface area contributed by atoms with Gasteiger partial charge >= 0.3 is 0 Å². The summed E-state index contributed by atoms with van der Waals surface area (Å²) in [4.78, 5) is 14.8. The van der Waals surface area contributed by atoms with E-state index >= 15 is 0 Å². The summed E-state index contributed by atoms with van der Waals surface area (Å²) in [7, 11) is 0. The van der Waals surface area contributed by atoms with Gasteiger partial charge in [-0.2, -0.15) is 0 Å². The minimum atomic E-state index is 0.0576. The SMILES string of the molecule is Cc1ccc(NC(=O)CN2CC3(C)CC2CC(C)(C)C3)cc1N. The predicted molar refractivity (Wildman–Crippen MR) is 95.3 cm³/mol. The molecule has 3 N–H and O–H groups in total. The van der Waals surface area contributed by atoms with Gasteiger partial charge in [0.1, 0.15) is 0 Å². The molecule has 2 aliphatic rings. The quantitative estimate of drug-likeness (QED) is 0.840. The molecular formula is C19H29N3O. The Balaban J connectivity index is 1.63. The van der Waals surface area contributed by atoms with Gasteiger partial charge in [-0.3, -0.25) is 9.69 Å². The molecular weight excluding hydrogens is 286 g/mol. The standard InChI is InChI=1S/C19H29N3O/c1-13-5-6-14(7-16(13)20)21-17(23)10-22-12-19(4)9-15(22)8-18(2,3)11-19/h5-7,15H,8-12,20H2,1-4H3,(H,21,23). The minimum absolute atomic E-state index is 0.0576. The van der Waals surface area contributed by atoms with Crippen molar-refractivity contribution in [3.63, 3.8) is 0 Å². The van der Waals surface area contributed by atoms with Gasteiger partial charge in [0.2, 0.25) is 5.91 Å². The van der Waals surface area contributed by atoms with Crippen molar-refractivity contribution in [1.29, 1.82) is 0 Å². The molecule has 2 unspecified atom stereocenters. The maximum absolute atomic E-state index is 12.4. The Bertz CT molecular complexity index is 625. The predicted octanol–water partition coefficient (Wildman–Crippen LogP) is 3.42. The molecule has 1 aliphatic carbocycles. The highest BCUT2D eigenvalue weighted by Crippen LogP contribution is 2.52. The Hall–Kier alpha value is -1.55. The molecule has 4 nitrogen and oxygen atoms in total. The van der Waals surface area contributed by atoms with Crippen LogP contribution in [-0.2, 0) is 4.79 Å². The first kappa shape index (κ1) is 16.3. The number of fused-ring (bicyclic) bond motifs is 2. The van der Waals surface area contributed by atoms with Gasteiger partial charge in [0.25, 0.3) is 0 Å². The van der Waals surface area contributed by atoms with E-state index in [4.69, 9.17) is 5.73 Å². The van der Waals surface area contributed by atoms with Crippen molar-refractivity contribution in [1.82, 2.24) is 4.90 Å². The van der Waals surface area contributed by atoms with Crippen molar-refractivity contribution in [2.24, 2.45) is 10.8 Å². The second kappa shape index (κ2) is 5.52. The average molecular weight is 315 g/mol. The molecule has 126 valence electrons. The number of likely N-dealkylation sites (tertiary alicyclic amines) is 1. The number of nitrogens with one attached hydrogen (secondary N) is 1. The molecule has 1 aromatic carbocycles. The Kier molecular flexibility index (Phi) is 3.91. The summed E-state index contributed by atoms with van der Waals surface area (Å²) in [5.41, 5.74) is 9.20. The number of benzene rings is 1. The van der Waals surface area contributed by atoms with Crippen LogP contribution >= 0.6 is 0 Å². The zero-order chi connectivity index (χ0) is 16.8.